The van der Waals surface area contributed by atoms with Gasteiger partial charge in [-0.15, -0.1) is 0 Å². The molecular formula is C33H46O13. The van der Waals surface area contributed by atoms with Crippen molar-refractivity contribution >= 4 is 29.8 Å². The molecule has 2 N–H and O–H groups in total. The zero-order valence-corrected chi connectivity index (χ0v) is 28.1. The number of carbonyl (C=O) groups excluding carboxylic acids is 5. The third-order valence-electron chi connectivity index (χ3n) is 10.3. The minimum absolute atomic E-state index is 0.000778. The predicted octanol–water partition coefficient (Wildman–Crippen LogP) is 2.09. The van der Waals surface area contributed by atoms with E-state index in [-0.39, 0.29) is 24.2 Å². The summed E-state index contributed by atoms with van der Waals surface area (Å²) in [7, 11) is 0. The largest absolute Gasteiger partial charge is 0.462 e. The summed E-state index contributed by atoms with van der Waals surface area (Å²) in [5.41, 5.74) is -3.84. The molecule has 1 aliphatic heterocycles. The van der Waals surface area contributed by atoms with Crippen LogP contribution in [0.25, 0.3) is 0 Å². The van der Waals surface area contributed by atoms with Crippen LogP contribution in [0.4, 0.5) is 0 Å². The van der Waals surface area contributed by atoms with Crippen molar-refractivity contribution < 1.29 is 62.6 Å². The third kappa shape index (κ3) is 5.74. The lowest BCUT2D eigenvalue weighted by Crippen LogP contribution is -2.78. The Morgan fingerprint density at radius 1 is 0.935 bits per heavy atom. The van der Waals surface area contributed by atoms with Crippen LogP contribution in [0.3, 0.4) is 0 Å². The van der Waals surface area contributed by atoms with Crippen molar-refractivity contribution in [1.29, 1.82) is 0 Å². The Morgan fingerprint density at radius 3 is 1.98 bits per heavy atom. The van der Waals surface area contributed by atoms with E-state index in [2.05, 4.69) is 0 Å². The fourth-order valence-electron chi connectivity index (χ4n) is 8.45. The highest BCUT2D eigenvalue weighted by molar-refractivity contribution is 5.88. The molecule has 4 rings (SSSR count). The molecular weight excluding hydrogens is 604 g/mol. The second kappa shape index (κ2) is 12.4. The molecule has 256 valence electrons. The molecule has 0 aromatic rings. The number of carbonyl (C=O) groups is 5. The number of rotatable bonds is 7. The van der Waals surface area contributed by atoms with Gasteiger partial charge in [-0.1, -0.05) is 13.0 Å². The van der Waals surface area contributed by atoms with Crippen LogP contribution in [-0.4, -0.2) is 94.5 Å². The molecule has 0 radical (unpaired) electrons. The standard InChI is InChI=1S/C33H46O13/c1-11-14(2)30(39)45-27-22-15(3)25(38)24(31(8,9)40)23(22)26(43-17(5)35)28-32(10,29(27)44-18(6)36)20(42-16(4)34)12-21-33(28,13-41-21)46-19(7)37/h11,20-21,23-29,38,40H,12-13H2,1-10H3/b14-11+/t20-,21?,23?,24+,25+,26+,27+,28-,29-,32+,33-/m0/s1. The topological polar surface area (TPSA) is 181 Å². The molecule has 1 heterocycles. The van der Waals surface area contributed by atoms with Crippen LogP contribution in [-0.2, 0) is 52.4 Å². The van der Waals surface area contributed by atoms with E-state index in [4.69, 9.17) is 28.4 Å². The van der Waals surface area contributed by atoms with Crippen LogP contribution >= 0.6 is 0 Å². The molecule has 46 heavy (non-hydrogen) atoms. The SMILES string of the molecule is C/C=C(\C)C(=O)O[C@@H]1C2=C(C)[C@@H](O)[C@H](C(C)(C)O)C2[C@@H](OC(C)=O)[C@H]2[C@@](C)([C@@H](OC(C)=O)CC3OC[C@]32OC(C)=O)[C@H]1OC(C)=O. The zero-order chi connectivity index (χ0) is 34.7. The van der Waals surface area contributed by atoms with Gasteiger partial charge in [0.1, 0.15) is 18.3 Å². The average molecular weight is 651 g/mol. The summed E-state index contributed by atoms with van der Waals surface area (Å²) in [6.45, 7) is 14.1. The highest BCUT2D eigenvalue weighted by Gasteiger charge is 2.78. The molecule has 4 aliphatic rings. The van der Waals surface area contributed by atoms with Gasteiger partial charge in [0.15, 0.2) is 17.8 Å². The molecule has 13 nitrogen and oxygen atoms in total. The number of fused-ring (bicyclic) bond motifs is 4. The first-order valence-electron chi connectivity index (χ1n) is 15.5. The van der Waals surface area contributed by atoms with Crippen LogP contribution in [0.1, 0.15) is 75.7 Å². The van der Waals surface area contributed by atoms with Crippen molar-refractivity contribution in [3.05, 3.63) is 22.8 Å². The van der Waals surface area contributed by atoms with E-state index in [1.165, 1.54) is 41.5 Å². The summed E-state index contributed by atoms with van der Waals surface area (Å²) in [5.74, 6) is -6.82. The summed E-state index contributed by atoms with van der Waals surface area (Å²) in [6.07, 6.45) is -5.84. The van der Waals surface area contributed by atoms with E-state index >= 15 is 0 Å². The number of aliphatic hydroxyl groups is 2. The Morgan fingerprint density at radius 2 is 1.52 bits per heavy atom. The monoisotopic (exact) mass is 650 g/mol. The summed E-state index contributed by atoms with van der Waals surface area (Å²) in [4.78, 5) is 64.8. The fraction of sp³-hybridized carbons (Fsp3) is 0.727. The summed E-state index contributed by atoms with van der Waals surface area (Å²) in [5, 5.41) is 23.3. The molecule has 3 aliphatic carbocycles. The van der Waals surface area contributed by atoms with E-state index in [1.54, 1.807) is 33.8 Å². The van der Waals surface area contributed by atoms with Crippen molar-refractivity contribution in [2.45, 2.75) is 123 Å². The molecule has 13 heteroatoms. The molecule has 2 unspecified atom stereocenters. The fourth-order valence-corrected chi connectivity index (χ4v) is 8.45. The molecule has 0 aromatic heterocycles. The summed E-state index contributed by atoms with van der Waals surface area (Å²) < 4.78 is 36.3. The van der Waals surface area contributed by atoms with Gasteiger partial charge in [0.2, 0.25) is 0 Å². The first-order chi connectivity index (χ1) is 21.2. The molecule has 11 atom stereocenters. The Hall–Kier alpha value is -3.29. The zero-order valence-electron chi connectivity index (χ0n) is 28.1. The van der Waals surface area contributed by atoms with Gasteiger partial charge in [-0.25, -0.2) is 4.79 Å². The molecule has 2 saturated carbocycles. The van der Waals surface area contributed by atoms with Gasteiger partial charge < -0.3 is 38.6 Å². The molecule has 0 aromatic carbocycles. The minimum atomic E-state index is -1.61. The van der Waals surface area contributed by atoms with E-state index in [1.807, 2.05) is 0 Å². The maximum atomic E-state index is 13.5. The minimum Gasteiger partial charge on any atom is -0.462 e. The van der Waals surface area contributed by atoms with Gasteiger partial charge in [0.25, 0.3) is 0 Å². The summed E-state index contributed by atoms with van der Waals surface area (Å²) >= 11 is 0. The third-order valence-corrected chi connectivity index (χ3v) is 10.3. The van der Waals surface area contributed by atoms with Crippen molar-refractivity contribution in [1.82, 2.24) is 0 Å². The Bertz CT molecular complexity index is 1360. The smallest absolute Gasteiger partial charge is 0.334 e. The molecule has 0 bridgehead atoms. The van der Waals surface area contributed by atoms with Crippen molar-refractivity contribution in [3.63, 3.8) is 0 Å². The molecule has 0 amide bonds. The van der Waals surface area contributed by atoms with Gasteiger partial charge >= 0.3 is 29.8 Å². The highest BCUT2D eigenvalue weighted by atomic mass is 16.6. The van der Waals surface area contributed by atoms with Crippen LogP contribution in [0.5, 0.6) is 0 Å². The Labute approximate surface area is 268 Å². The van der Waals surface area contributed by atoms with Crippen LogP contribution in [0.2, 0.25) is 0 Å². The maximum Gasteiger partial charge on any atom is 0.334 e. The van der Waals surface area contributed by atoms with Crippen molar-refractivity contribution in [2.24, 2.45) is 23.2 Å². The number of allylic oxidation sites excluding steroid dienone is 1. The quantitative estimate of drug-likeness (QED) is 0.177. The van der Waals surface area contributed by atoms with Crippen LogP contribution < -0.4 is 0 Å². The Balaban J connectivity index is 2.18. The van der Waals surface area contributed by atoms with E-state index in [0.717, 1.165) is 0 Å². The number of aliphatic hydroxyl groups excluding tert-OH is 1. The predicted molar refractivity (Wildman–Crippen MR) is 158 cm³/mol. The highest BCUT2D eigenvalue weighted by Crippen LogP contribution is 2.65. The van der Waals surface area contributed by atoms with Crippen LogP contribution in [0.15, 0.2) is 22.8 Å². The van der Waals surface area contributed by atoms with Gasteiger partial charge in [0.05, 0.1) is 29.6 Å². The van der Waals surface area contributed by atoms with Crippen molar-refractivity contribution in [3.8, 4) is 0 Å². The number of esters is 5. The lowest BCUT2D eigenvalue weighted by atomic mass is 9.51. The maximum absolute atomic E-state index is 13.5. The van der Waals surface area contributed by atoms with Crippen molar-refractivity contribution in [2.75, 3.05) is 6.61 Å². The van der Waals surface area contributed by atoms with E-state index in [0.29, 0.717) is 5.57 Å². The normalized spacial score (nSPS) is 38.6. The number of ether oxygens (including phenoxy) is 6. The van der Waals surface area contributed by atoms with Gasteiger partial charge in [-0.05, 0) is 45.8 Å². The van der Waals surface area contributed by atoms with E-state index in [9.17, 15) is 34.2 Å². The average Bonchev–Trinajstić information content (AvgIpc) is 3.14. The van der Waals surface area contributed by atoms with Gasteiger partial charge in [-0.3, -0.25) is 19.2 Å². The molecule has 0 spiro atoms. The van der Waals surface area contributed by atoms with E-state index < -0.39 is 101 Å². The lowest BCUT2D eigenvalue weighted by molar-refractivity contribution is -0.348. The number of hydrogen-bond donors (Lipinski definition) is 2. The number of hydrogen-bond acceptors (Lipinski definition) is 13. The first-order valence-corrected chi connectivity index (χ1v) is 15.5. The second-order valence-corrected chi connectivity index (χ2v) is 13.7. The summed E-state index contributed by atoms with van der Waals surface area (Å²) in [6, 6.07) is 0. The van der Waals surface area contributed by atoms with Gasteiger partial charge in [-0.2, -0.15) is 0 Å². The Kier molecular flexibility index (Phi) is 9.57. The molecule has 1 saturated heterocycles. The van der Waals surface area contributed by atoms with Crippen LogP contribution in [0, 0.1) is 23.2 Å². The lowest BCUT2D eigenvalue weighted by Gasteiger charge is -2.64. The molecule has 3 fully saturated rings. The second-order valence-electron chi connectivity index (χ2n) is 13.7. The first kappa shape index (κ1) is 35.6. The van der Waals surface area contributed by atoms with Gasteiger partial charge in [0, 0.05) is 51.5 Å².